The molecule has 1 aliphatic heterocycles. The molecule has 148 valence electrons. The molecule has 4 atom stereocenters. The first-order chi connectivity index (χ1) is 14.0. The normalized spacial score (nSPS) is 27.4. The van der Waals surface area contributed by atoms with Crippen LogP contribution in [0.1, 0.15) is 29.6 Å². The number of anilines is 1. The van der Waals surface area contributed by atoms with Crippen molar-refractivity contribution in [3.05, 3.63) is 59.1 Å². The molecule has 29 heavy (non-hydrogen) atoms. The third-order valence-electron chi connectivity index (χ3n) is 6.54. The summed E-state index contributed by atoms with van der Waals surface area (Å²) in [5.74, 6) is 0.500. The smallest absolute Gasteiger partial charge is 0.237 e. The van der Waals surface area contributed by atoms with Crippen LogP contribution in [0.4, 0.5) is 5.69 Å². The number of hydrogen-bond donors (Lipinski definition) is 0. The average molecular weight is 410 g/mol. The summed E-state index contributed by atoms with van der Waals surface area (Å²) in [5, 5.41) is 0.563. The lowest BCUT2D eigenvalue weighted by atomic mass is 9.81. The molecule has 2 saturated carbocycles. The number of fused-ring (bicyclic) bond motifs is 5. The summed E-state index contributed by atoms with van der Waals surface area (Å²) in [5.41, 5.74) is 1.03. The van der Waals surface area contributed by atoms with E-state index >= 15 is 0 Å². The second-order valence-electron chi connectivity index (χ2n) is 8.11. The topological polar surface area (TPSA) is 63.7 Å². The van der Waals surface area contributed by atoms with Crippen molar-refractivity contribution in [3.63, 3.8) is 0 Å². The molecule has 1 saturated heterocycles. The van der Waals surface area contributed by atoms with E-state index in [-0.39, 0.29) is 36.0 Å². The second kappa shape index (κ2) is 6.99. The van der Waals surface area contributed by atoms with Gasteiger partial charge in [0.2, 0.25) is 11.8 Å². The maximum absolute atomic E-state index is 13.0. The Hall–Kier alpha value is -2.66. The number of Topliss-reactive ketones (excluding diaryl/α,β-unsaturated/α-hetero) is 1. The zero-order valence-corrected chi connectivity index (χ0v) is 16.5. The molecule has 2 aromatic rings. The molecule has 0 aromatic heterocycles. The summed E-state index contributed by atoms with van der Waals surface area (Å²) in [6.07, 6.45) is 3.11. The van der Waals surface area contributed by atoms with Crippen LogP contribution in [0.15, 0.2) is 48.5 Å². The number of nitrogens with zero attached hydrogens (tertiary/aromatic N) is 1. The first kappa shape index (κ1) is 18.4. The molecule has 3 aliphatic rings. The van der Waals surface area contributed by atoms with Gasteiger partial charge in [-0.3, -0.25) is 14.4 Å². The molecule has 0 N–H and O–H groups in total. The molecule has 0 spiro atoms. The van der Waals surface area contributed by atoms with Crippen LogP contribution in [0.3, 0.4) is 0 Å². The third-order valence-corrected chi connectivity index (χ3v) is 6.79. The highest BCUT2D eigenvalue weighted by atomic mass is 35.5. The minimum Gasteiger partial charge on any atom is -0.485 e. The lowest BCUT2D eigenvalue weighted by molar-refractivity contribution is -0.123. The summed E-state index contributed by atoms with van der Waals surface area (Å²) < 4.78 is 5.64. The van der Waals surface area contributed by atoms with Crippen LogP contribution in [0.2, 0.25) is 5.02 Å². The third kappa shape index (κ3) is 3.04. The van der Waals surface area contributed by atoms with Gasteiger partial charge >= 0.3 is 0 Å². The largest absolute Gasteiger partial charge is 0.485 e. The average Bonchev–Trinajstić information content (AvgIpc) is 3.41. The molecule has 5 nitrogen and oxygen atoms in total. The molecular formula is C23H20ClNO4. The molecule has 1 heterocycles. The number of ether oxygens (including phenoxy) is 1. The highest BCUT2D eigenvalue weighted by Crippen LogP contribution is 2.56. The van der Waals surface area contributed by atoms with Crippen LogP contribution in [0.25, 0.3) is 0 Å². The number of ketones is 1. The Kier molecular flexibility index (Phi) is 4.43. The molecule has 5 rings (SSSR count). The predicted molar refractivity (Wildman–Crippen MR) is 108 cm³/mol. The highest BCUT2D eigenvalue weighted by molar-refractivity contribution is 6.30. The van der Waals surface area contributed by atoms with Gasteiger partial charge in [0.25, 0.3) is 0 Å². The Balaban J connectivity index is 1.31. The molecule has 6 heteroatoms. The fraction of sp³-hybridized carbons (Fsp3) is 0.348. The highest BCUT2D eigenvalue weighted by Gasteiger charge is 2.61. The van der Waals surface area contributed by atoms with Gasteiger partial charge in [0.1, 0.15) is 5.75 Å². The van der Waals surface area contributed by atoms with Gasteiger partial charge in [0.15, 0.2) is 12.4 Å². The SMILES string of the molecule is O=C(COc1cccc(N2C(=O)[C@@H]3[C@H]4CC[C@@H](C4)[C@H]3C2=O)c1)c1ccc(Cl)cc1. The van der Waals surface area contributed by atoms with E-state index in [4.69, 9.17) is 16.3 Å². The number of hydrogen-bond acceptors (Lipinski definition) is 4. The molecule has 0 unspecified atom stereocenters. The summed E-state index contributed by atoms with van der Waals surface area (Å²) >= 11 is 5.85. The first-order valence-electron chi connectivity index (χ1n) is 9.92. The Morgan fingerprint density at radius 2 is 1.66 bits per heavy atom. The Morgan fingerprint density at radius 1 is 1.00 bits per heavy atom. The number of carbonyl (C=O) groups is 3. The fourth-order valence-corrected chi connectivity index (χ4v) is 5.37. The van der Waals surface area contributed by atoms with Crippen molar-refractivity contribution in [2.75, 3.05) is 11.5 Å². The molecule has 2 aromatic carbocycles. The van der Waals surface area contributed by atoms with Gasteiger partial charge in [0.05, 0.1) is 17.5 Å². The number of benzene rings is 2. The van der Waals surface area contributed by atoms with Gasteiger partial charge < -0.3 is 4.74 Å². The first-order valence-corrected chi connectivity index (χ1v) is 10.3. The zero-order chi connectivity index (χ0) is 20.1. The van der Waals surface area contributed by atoms with Crippen molar-refractivity contribution >= 4 is 34.9 Å². The van der Waals surface area contributed by atoms with Crippen molar-refractivity contribution in [1.29, 1.82) is 0 Å². The molecule has 0 radical (unpaired) electrons. The van der Waals surface area contributed by atoms with E-state index in [1.54, 1.807) is 48.5 Å². The summed E-state index contributed by atoms with van der Waals surface area (Å²) in [6, 6.07) is 13.5. The minimum absolute atomic E-state index is 0.0819. The Labute approximate surface area is 173 Å². The van der Waals surface area contributed by atoms with E-state index in [0.29, 0.717) is 33.9 Å². The fourth-order valence-electron chi connectivity index (χ4n) is 5.24. The van der Waals surface area contributed by atoms with E-state index in [9.17, 15) is 14.4 Å². The van der Waals surface area contributed by atoms with Crippen molar-refractivity contribution in [3.8, 4) is 5.75 Å². The summed E-state index contributed by atoms with van der Waals surface area (Å²) in [7, 11) is 0. The van der Waals surface area contributed by atoms with Gasteiger partial charge in [-0.1, -0.05) is 17.7 Å². The lowest BCUT2D eigenvalue weighted by Gasteiger charge is -2.19. The van der Waals surface area contributed by atoms with E-state index in [0.717, 1.165) is 19.3 Å². The minimum atomic E-state index is -0.175. The van der Waals surface area contributed by atoms with Crippen molar-refractivity contribution in [2.24, 2.45) is 23.7 Å². The molecule has 3 fully saturated rings. The van der Waals surface area contributed by atoms with Crippen LogP contribution in [-0.4, -0.2) is 24.2 Å². The predicted octanol–water partition coefficient (Wildman–Crippen LogP) is 4.14. The van der Waals surface area contributed by atoms with Gasteiger partial charge in [0, 0.05) is 16.7 Å². The van der Waals surface area contributed by atoms with E-state index in [1.807, 2.05) is 0 Å². The number of halogens is 1. The van der Waals surface area contributed by atoms with Crippen molar-refractivity contribution in [2.45, 2.75) is 19.3 Å². The van der Waals surface area contributed by atoms with E-state index in [2.05, 4.69) is 0 Å². The van der Waals surface area contributed by atoms with Crippen LogP contribution >= 0.6 is 11.6 Å². The molecule has 2 aliphatic carbocycles. The maximum atomic E-state index is 13.0. The van der Waals surface area contributed by atoms with Crippen molar-refractivity contribution < 1.29 is 19.1 Å². The number of carbonyl (C=O) groups excluding carboxylic acids is 3. The Bertz CT molecular complexity index is 974. The second-order valence-corrected chi connectivity index (χ2v) is 8.55. The van der Waals surface area contributed by atoms with Crippen molar-refractivity contribution in [1.82, 2.24) is 0 Å². The zero-order valence-electron chi connectivity index (χ0n) is 15.7. The lowest BCUT2D eigenvalue weighted by Crippen LogP contribution is -2.32. The summed E-state index contributed by atoms with van der Waals surface area (Å²) in [6.45, 7) is -0.137. The van der Waals surface area contributed by atoms with Crippen LogP contribution in [0.5, 0.6) is 5.75 Å². The molecule has 2 amide bonds. The van der Waals surface area contributed by atoms with E-state index in [1.165, 1.54) is 4.90 Å². The van der Waals surface area contributed by atoms with Gasteiger partial charge in [-0.2, -0.15) is 0 Å². The standard InChI is InChI=1S/C23H20ClNO4/c24-16-8-6-13(7-9-16)19(26)12-29-18-3-1-2-17(11-18)25-22(27)20-14-4-5-15(10-14)21(20)23(25)28/h1-3,6-9,11,14-15,20-21H,4-5,10,12H2/t14-,15-,20+,21+/m0/s1. The quantitative estimate of drug-likeness (QED) is 0.550. The number of imide groups is 1. The van der Waals surface area contributed by atoms with Crippen LogP contribution in [0, 0.1) is 23.7 Å². The molecular weight excluding hydrogens is 390 g/mol. The van der Waals surface area contributed by atoms with Gasteiger partial charge in [-0.05, 0) is 67.5 Å². The number of amides is 2. The maximum Gasteiger partial charge on any atom is 0.237 e. The van der Waals surface area contributed by atoms with Crippen LogP contribution in [-0.2, 0) is 9.59 Å². The molecule has 2 bridgehead atoms. The van der Waals surface area contributed by atoms with Crippen LogP contribution < -0.4 is 9.64 Å². The monoisotopic (exact) mass is 409 g/mol. The summed E-state index contributed by atoms with van der Waals surface area (Å²) in [4.78, 5) is 39.6. The van der Waals surface area contributed by atoms with Gasteiger partial charge in [-0.15, -0.1) is 0 Å². The Morgan fingerprint density at radius 3 is 2.31 bits per heavy atom. The van der Waals surface area contributed by atoms with Gasteiger partial charge in [-0.25, -0.2) is 4.90 Å². The number of rotatable bonds is 5. The van der Waals surface area contributed by atoms with E-state index < -0.39 is 0 Å².